The van der Waals surface area contributed by atoms with E-state index in [9.17, 15) is 8.42 Å². The van der Waals surface area contributed by atoms with Crippen molar-refractivity contribution in [1.82, 2.24) is 19.7 Å². The fourth-order valence-corrected chi connectivity index (χ4v) is 2.18. The summed E-state index contributed by atoms with van der Waals surface area (Å²) in [6.07, 6.45) is 3.20. The lowest BCUT2D eigenvalue weighted by Crippen LogP contribution is -2.18. The van der Waals surface area contributed by atoms with Crippen molar-refractivity contribution < 1.29 is 8.42 Å². The molecule has 8 heteroatoms. The largest absolute Gasteiger partial charge is 0.297 e. The van der Waals surface area contributed by atoms with Crippen LogP contribution in [0.2, 0.25) is 0 Å². The fourth-order valence-electron chi connectivity index (χ4n) is 1.50. The number of sulfonamides is 1. The summed E-state index contributed by atoms with van der Waals surface area (Å²) < 4.78 is 24.0. The van der Waals surface area contributed by atoms with E-state index in [1.165, 1.54) is 4.57 Å². The standard InChI is InChI=1S/C9H11N5O2S/c1-2-14-8(7-3-5-11-6-4-7)12-13-9(14)17(10,15)16/h3-6H,2H2,1H3,(H2,10,15,16). The Kier molecular flexibility index (Phi) is 2.90. The van der Waals surface area contributed by atoms with Gasteiger partial charge in [0.1, 0.15) is 0 Å². The van der Waals surface area contributed by atoms with Gasteiger partial charge in [-0.1, -0.05) is 0 Å². The van der Waals surface area contributed by atoms with E-state index in [1.807, 2.05) is 0 Å². The second-order valence-corrected chi connectivity index (χ2v) is 4.79. The third kappa shape index (κ3) is 2.17. The minimum Gasteiger partial charge on any atom is -0.297 e. The molecule has 0 aliphatic rings. The minimum absolute atomic E-state index is 0.230. The van der Waals surface area contributed by atoms with Gasteiger partial charge in [0.05, 0.1) is 0 Å². The van der Waals surface area contributed by atoms with Gasteiger partial charge in [-0.05, 0) is 19.1 Å². The molecule has 0 saturated heterocycles. The monoisotopic (exact) mass is 253 g/mol. The van der Waals surface area contributed by atoms with Gasteiger partial charge >= 0.3 is 0 Å². The Morgan fingerprint density at radius 3 is 2.47 bits per heavy atom. The summed E-state index contributed by atoms with van der Waals surface area (Å²) >= 11 is 0. The van der Waals surface area contributed by atoms with Crippen molar-refractivity contribution >= 4 is 10.0 Å². The second-order valence-electron chi connectivity index (χ2n) is 3.33. The number of nitrogens with zero attached hydrogens (tertiary/aromatic N) is 4. The van der Waals surface area contributed by atoms with Crippen molar-refractivity contribution in [1.29, 1.82) is 0 Å². The molecule has 0 fully saturated rings. The number of primary sulfonamides is 1. The van der Waals surface area contributed by atoms with Crippen LogP contribution in [0, 0.1) is 0 Å². The third-order valence-electron chi connectivity index (χ3n) is 2.23. The van der Waals surface area contributed by atoms with Gasteiger partial charge in [-0.15, -0.1) is 10.2 Å². The van der Waals surface area contributed by atoms with Crippen LogP contribution in [0.5, 0.6) is 0 Å². The smallest absolute Gasteiger partial charge is 0.273 e. The summed E-state index contributed by atoms with van der Waals surface area (Å²) in [5.74, 6) is 0.457. The van der Waals surface area contributed by atoms with E-state index < -0.39 is 10.0 Å². The average molecular weight is 253 g/mol. The molecular formula is C9H11N5O2S. The molecule has 0 unspecified atom stereocenters. The summed E-state index contributed by atoms with van der Waals surface area (Å²) in [6, 6.07) is 3.45. The van der Waals surface area contributed by atoms with Gasteiger partial charge in [-0.2, -0.15) is 0 Å². The summed E-state index contributed by atoms with van der Waals surface area (Å²) in [5, 5.41) is 12.3. The van der Waals surface area contributed by atoms with Crippen molar-refractivity contribution in [3.63, 3.8) is 0 Å². The van der Waals surface area contributed by atoms with Crippen molar-refractivity contribution in [3.8, 4) is 11.4 Å². The van der Waals surface area contributed by atoms with Crippen LogP contribution in [-0.2, 0) is 16.6 Å². The van der Waals surface area contributed by atoms with Crippen molar-refractivity contribution in [2.24, 2.45) is 5.14 Å². The normalized spacial score (nSPS) is 11.6. The fraction of sp³-hybridized carbons (Fsp3) is 0.222. The summed E-state index contributed by atoms with van der Waals surface area (Å²) in [5.41, 5.74) is 0.740. The van der Waals surface area contributed by atoms with Gasteiger partial charge < -0.3 is 0 Å². The quantitative estimate of drug-likeness (QED) is 0.829. The topological polar surface area (TPSA) is 104 Å². The molecule has 2 N–H and O–H groups in total. The van der Waals surface area contributed by atoms with Crippen molar-refractivity contribution in [2.45, 2.75) is 18.6 Å². The first-order chi connectivity index (χ1) is 8.04. The first-order valence-corrected chi connectivity index (χ1v) is 6.45. The zero-order chi connectivity index (χ0) is 12.5. The van der Waals surface area contributed by atoms with Gasteiger partial charge in [0, 0.05) is 24.5 Å². The van der Waals surface area contributed by atoms with Gasteiger partial charge in [0.2, 0.25) is 0 Å². The van der Waals surface area contributed by atoms with E-state index in [1.54, 1.807) is 31.5 Å². The number of pyridine rings is 1. The molecule has 7 nitrogen and oxygen atoms in total. The molecule has 0 saturated carbocycles. The number of aromatic nitrogens is 4. The molecule has 2 aromatic rings. The zero-order valence-electron chi connectivity index (χ0n) is 9.11. The van der Waals surface area contributed by atoms with Crippen LogP contribution in [0.4, 0.5) is 0 Å². The van der Waals surface area contributed by atoms with E-state index in [0.29, 0.717) is 12.4 Å². The van der Waals surface area contributed by atoms with E-state index >= 15 is 0 Å². The van der Waals surface area contributed by atoms with Crippen molar-refractivity contribution in [2.75, 3.05) is 0 Å². The van der Waals surface area contributed by atoms with E-state index in [4.69, 9.17) is 5.14 Å². The zero-order valence-corrected chi connectivity index (χ0v) is 9.92. The maximum Gasteiger partial charge on any atom is 0.273 e. The third-order valence-corrected chi connectivity index (χ3v) is 3.04. The van der Waals surface area contributed by atoms with Crippen LogP contribution in [0.1, 0.15) is 6.92 Å². The highest BCUT2D eigenvalue weighted by molar-refractivity contribution is 7.89. The van der Waals surface area contributed by atoms with Crippen LogP contribution in [0.3, 0.4) is 0 Å². The van der Waals surface area contributed by atoms with Gasteiger partial charge in [-0.3, -0.25) is 9.55 Å². The molecule has 0 atom stereocenters. The van der Waals surface area contributed by atoms with E-state index in [0.717, 1.165) is 5.56 Å². The van der Waals surface area contributed by atoms with E-state index in [-0.39, 0.29) is 5.16 Å². The van der Waals surface area contributed by atoms with Crippen LogP contribution in [0.25, 0.3) is 11.4 Å². The molecule has 90 valence electrons. The highest BCUT2D eigenvalue weighted by Gasteiger charge is 2.20. The summed E-state index contributed by atoms with van der Waals surface area (Å²) in [4.78, 5) is 3.88. The van der Waals surface area contributed by atoms with Crippen LogP contribution in [-0.4, -0.2) is 28.2 Å². The molecule has 0 radical (unpaired) electrons. The number of rotatable bonds is 3. The lowest BCUT2D eigenvalue weighted by molar-refractivity contribution is 0.571. The molecule has 2 rings (SSSR count). The van der Waals surface area contributed by atoms with Gasteiger partial charge in [0.25, 0.3) is 15.2 Å². The molecule has 0 aromatic carbocycles. The van der Waals surface area contributed by atoms with Crippen molar-refractivity contribution in [3.05, 3.63) is 24.5 Å². The highest BCUT2D eigenvalue weighted by Crippen LogP contribution is 2.18. The number of hydrogen-bond donors (Lipinski definition) is 1. The van der Waals surface area contributed by atoms with Crippen LogP contribution >= 0.6 is 0 Å². The molecule has 0 spiro atoms. The lowest BCUT2D eigenvalue weighted by atomic mass is 10.2. The molecule has 17 heavy (non-hydrogen) atoms. The Bertz CT molecular complexity index is 620. The first-order valence-electron chi connectivity index (χ1n) is 4.90. The molecule has 0 aliphatic carbocycles. The molecule has 2 aromatic heterocycles. The maximum absolute atomic E-state index is 11.3. The maximum atomic E-state index is 11.3. The second kappa shape index (κ2) is 4.22. The Morgan fingerprint density at radius 1 is 1.29 bits per heavy atom. The summed E-state index contributed by atoms with van der Waals surface area (Å²) in [6.45, 7) is 2.21. The molecule has 0 amide bonds. The molecular weight excluding hydrogens is 242 g/mol. The Balaban J connectivity index is 2.62. The van der Waals surface area contributed by atoms with Gasteiger partial charge in [-0.25, -0.2) is 13.6 Å². The Morgan fingerprint density at radius 2 is 1.94 bits per heavy atom. The average Bonchev–Trinajstić information content (AvgIpc) is 2.73. The number of nitrogens with two attached hydrogens (primary N) is 1. The number of hydrogen-bond acceptors (Lipinski definition) is 5. The SMILES string of the molecule is CCn1c(-c2ccncc2)nnc1S(N)(=O)=O. The molecule has 2 heterocycles. The Hall–Kier alpha value is -1.80. The summed E-state index contributed by atoms with van der Waals surface area (Å²) in [7, 11) is -3.86. The lowest BCUT2D eigenvalue weighted by Gasteiger charge is -2.05. The first kappa shape index (κ1) is 11.7. The molecule has 0 aliphatic heterocycles. The van der Waals surface area contributed by atoms with Gasteiger partial charge in [0.15, 0.2) is 5.82 Å². The predicted octanol–water partition coefficient (Wildman–Crippen LogP) is 0.00740. The highest BCUT2D eigenvalue weighted by atomic mass is 32.2. The van der Waals surface area contributed by atoms with Crippen LogP contribution in [0.15, 0.2) is 29.7 Å². The molecule has 0 bridgehead atoms. The predicted molar refractivity (Wildman–Crippen MR) is 60.3 cm³/mol. The minimum atomic E-state index is -3.86. The Labute approximate surface area is 98.4 Å². The van der Waals surface area contributed by atoms with Crippen LogP contribution < -0.4 is 5.14 Å². The van der Waals surface area contributed by atoms with E-state index in [2.05, 4.69) is 15.2 Å².